The lowest BCUT2D eigenvalue weighted by Gasteiger charge is -2.25. The molecule has 1 fully saturated rings. The topological polar surface area (TPSA) is 80.9 Å². The first-order chi connectivity index (χ1) is 19.7. The monoisotopic (exact) mass is 524 g/mol. The van der Waals surface area contributed by atoms with Gasteiger partial charge in [-0.15, -0.1) is 0 Å². The highest BCUT2D eigenvalue weighted by Gasteiger charge is 2.23. The van der Waals surface area contributed by atoms with E-state index in [1.165, 1.54) is 19.3 Å². The number of carboxylic acid groups (broad SMARTS) is 1. The van der Waals surface area contributed by atoms with Crippen LogP contribution >= 0.6 is 0 Å². The quantitative estimate of drug-likeness (QED) is 0.246. The maximum atomic E-state index is 11.6. The van der Waals surface area contributed by atoms with Crippen molar-refractivity contribution in [3.63, 3.8) is 0 Å². The summed E-state index contributed by atoms with van der Waals surface area (Å²) >= 11 is 0. The van der Waals surface area contributed by atoms with Crippen LogP contribution in [0.2, 0.25) is 0 Å². The lowest BCUT2D eigenvalue weighted by Crippen LogP contribution is -2.14. The van der Waals surface area contributed by atoms with Gasteiger partial charge >= 0.3 is 5.97 Å². The summed E-state index contributed by atoms with van der Waals surface area (Å²) in [6.45, 7) is 0. The summed E-state index contributed by atoms with van der Waals surface area (Å²) in [5, 5.41) is 10.6. The molecule has 6 aromatic rings. The van der Waals surface area contributed by atoms with Crippen LogP contribution in [0.15, 0.2) is 97.3 Å². The van der Waals surface area contributed by atoms with Crippen LogP contribution in [0, 0.1) is 0 Å². The highest BCUT2D eigenvalue weighted by atomic mass is 16.4. The molecule has 3 heterocycles. The Morgan fingerprint density at radius 3 is 2.35 bits per heavy atom. The molecule has 6 nitrogen and oxygen atoms in total. The minimum absolute atomic E-state index is 0.259. The molecule has 0 aliphatic heterocycles. The average Bonchev–Trinajstić information content (AvgIpc) is 3.40. The van der Waals surface area contributed by atoms with E-state index in [1.807, 2.05) is 42.7 Å². The minimum Gasteiger partial charge on any atom is -0.478 e. The fraction of sp³-hybridized carbons (Fsp3) is 0.176. The molecule has 1 aliphatic rings. The van der Waals surface area contributed by atoms with Crippen LogP contribution in [-0.4, -0.2) is 30.6 Å². The van der Waals surface area contributed by atoms with Gasteiger partial charge in [-0.25, -0.2) is 14.8 Å². The molecule has 1 saturated carbocycles. The molecule has 0 bridgehead atoms. The van der Waals surface area contributed by atoms with Gasteiger partial charge in [0, 0.05) is 34.9 Å². The van der Waals surface area contributed by atoms with Crippen molar-refractivity contribution < 1.29 is 9.90 Å². The third kappa shape index (κ3) is 4.31. The van der Waals surface area contributed by atoms with Crippen molar-refractivity contribution in [2.75, 3.05) is 0 Å². The lowest BCUT2D eigenvalue weighted by molar-refractivity contribution is 0.0697. The van der Waals surface area contributed by atoms with Crippen molar-refractivity contribution in [1.82, 2.24) is 19.5 Å². The van der Waals surface area contributed by atoms with E-state index >= 15 is 0 Å². The molecule has 3 aromatic carbocycles. The number of pyridine rings is 2. The first-order valence-electron chi connectivity index (χ1n) is 13.8. The summed E-state index contributed by atoms with van der Waals surface area (Å²) in [7, 11) is 0. The van der Waals surface area contributed by atoms with Crippen molar-refractivity contribution in [3.8, 4) is 33.8 Å². The van der Waals surface area contributed by atoms with E-state index in [9.17, 15) is 9.90 Å². The molecule has 6 heteroatoms. The van der Waals surface area contributed by atoms with Gasteiger partial charge in [-0.3, -0.25) is 4.98 Å². The zero-order valence-electron chi connectivity index (χ0n) is 22.0. The molecule has 1 aliphatic carbocycles. The lowest BCUT2D eigenvalue weighted by atomic mass is 9.94. The van der Waals surface area contributed by atoms with E-state index in [-0.39, 0.29) is 5.56 Å². The molecule has 0 amide bonds. The molecule has 40 heavy (non-hydrogen) atoms. The Labute approximate surface area is 232 Å². The van der Waals surface area contributed by atoms with Crippen molar-refractivity contribution in [2.24, 2.45) is 0 Å². The molecule has 7 rings (SSSR count). The van der Waals surface area contributed by atoms with Crippen LogP contribution in [-0.2, 0) is 0 Å². The largest absolute Gasteiger partial charge is 0.478 e. The number of nitrogens with zero attached hydrogens (tertiary/aromatic N) is 4. The van der Waals surface area contributed by atoms with Gasteiger partial charge in [-0.2, -0.15) is 0 Å². The molecule has 0 spiro atoms. The first-order valence-corrected chi connectivity index (χ1v) is 13.8. The number of carbonyl (C=O) groups is 1. The normalized spacial score (nSPS) is 14.1. The highest BCUT2D eigenvalue weighted by Crippen LogP contribution is 2.37. The number of carboxylic acids is 1. The van der Waals surface area contributed by atoms with Crippen LogP contribution in [0.1, 0.15) is 48.5 Å². The van der Waals surface area contributed by atoms with Crippen molar-refractivity contribution in [3.05, 3.63) is 103 Å². The summed E-state index contributed by atoms with van der Waals surface area (Å²) in [5.41, 5.74) is 8.13. The second kappa shape index (κ2) is 10.0. The predicted molar refractivity (Wildman–Crippen MR) is 158 cm³/mol. The third-order valence-electron chi connectivity index (χ3n) is 8.02. The molecule has 196 valence electrons. The average molecular weight is 525 g/mol. The molecule has 0 saturated heterocycles. The molecular weight excluding hydrogens is 496 g/mol. The fourth-order valence-corrected chi connectivity index (χ4v) is 6.05. The zero-order chi connectivity index (χ0) is 27.1. The summed E-state index contributed by atoms with van der Waals surface area (Å²) in [4.78, 5) is 25.8. The summed E-state index contributed by atoms with van der Waals surface area (Å²) in [5.74, 6) is -0.0489. The van der Waals surface area contributed by atoms with Gasteiger partial charge in [0.25, 0.3) is 0 Å². The van der Waals surface area contributed by atoms with Crippen molar-refractivity contribution in [2.45, 2.75) is 38.1 Å². The Hall–Kier alpha value is -4.84. The fourth-order valence-electron chi connectivity index (χ4n) is 6.05. The first kappa shape index (κ1) is 24.2. The Morgan fingerprint density at radius 2 is 1.55 bits per heavy atom. The second-order valence-electron chi connectivity index (χ2n) is 10.5. The van der Waals surface area contributed by atoms with Crippen molar-refractivity contribution in [1.29, 1.82) is 0 Å². The van der Waals surface area contributed by atoms with Gasteiger partial charge in [0.05, 0.1) is 27.8 Å². The number of imidazole rings is 1. The van der Waals surface area contributed by atoms with Gasteiger partial charge < -0.3 is 9.67 Å². The molecule has 0 radical (unpaired) electrons. The van der Waals surface area contributed by atoms with Crippen LogP contribution in [0.4, 0.5) is 0 Å². The summed E-state index contributed by atoms with van der Waals surface area (Å²) in [6, 6.07) is 28.5. The molecule has 1 N–H and O–H groups in total. The Bertz CT molecular complexity index is 1870. The number of aromatic carboxylic acids is 1. The Kier molecular flexibility index (Phi) is 6.08. The maximum absolute atomic E-state index is 11.6. The third-order valence-corrected chi connectivity index (χ3v) is 8.02. The zero-order valence-corrected chi connectivity index (χ0v) is 22.0. The number of rotatable bonds is 5. The smallest absolute Gasteiger partial charge is 0.335 e. The van der Waals surface area contributed by atoms with E-state index in [4.69, 9.17) is 9.97 Å². The number of hydrogen-bond donors (Lipinski definition) is 1. The van der Waals surface area contributed by atoms with Crippen molar-refractivity contribution >= 4 is 27.9 Å². The van der Waals surface area contributed by atoms with E-state index < -0.39 is 5.97 Å². The van der Waals surface area contributed by atoms with Gasteiger partial charge in [0.15, 0.2) is 0 Å². The van der Waals surface area contributed by atoms with E-state index in [2.05, 4.69) is 52.0 Å². The van der Waals surface area contributed by atoms with Gasteiger partial charge in [0.2, 0.25) is 0 Å². The standard InChI is InChI=1S/C34H28N4O2/c39-34(40)25-12-15-32-31(21-25)37-33(38(32)26-6-2-1-3-7-26)24-11-13-29-23(20-24)10-14-30(36-29)28-9-5-4-8-27(28)22-16-18-35-19-17-22/h4-5,8-21,26H,1-3,6-7H2,(H,39,40). The van der Waals surface area contributed by atoms with Gasteiger partial charge in [0.1, 0.15) is 5.82 Å². The summed E-state index contributed by atoms with van der Waals surface area (Å²) in [6.07, 6.45) is 9.48. The van der Waals surface area contributed by atoms with E-state index in [1.54, 1.807) is 12.1 Å². The Balaban J connectivity index is 1.33. The second-order valence-corrected chi connectivity index (χ2v) is 10.5. The number of fused-ring (bicyclic) bond motifs is 2. The van der Waals surface area contributed by atoms with E-state index in [0.29, 0.717) is 6.04 Å². The molecule has 3 aromatic heterocycles. The number of benzene rings is 3. The van der Waals surface area contributed by atoms with Gasteiger partial charge in [-0.05, 0) is 78.6 Å². The van der Waals surface area contributed by atoms with Crippen LogP contribution in [0.3, 0.4) is 0 Å². The van der Waals surface area contributed by atoms with E-state index in [0.717, 1.165) is 68.6 Å². The predicted octanol–water partition coefficient (Wildman–Crippen LogP) is 8.18. The minimum atomic E-state index is -0.936. The highest BCUT2D eigenvalue weighted by molar-refractivity contribution is 5.94. The Morgan fingerprint density at radius 1 is 0.750 bits per heavy atom. The number of aromatic nitrogens is 4. The molecule has 0 unspecified atom stereocenters. The maximum Gasteiger partial charge on any atom is 0.335 e. The van der Waals surface area contributed by atoms with Gasteiger partial charge in [-0.1, -0.05) is 49.6 Å². The molecule has 0 atom stereocenters. The number of hydrogen-bond acceptors (Lipinski definition) is 4. The SMILES string of the molecule is O=C(O)c1ccc2c(c1)nc(-c1ccc3nc(-c4ccccc4-c4ccncc4)ccc3c1)n2C1CCCCC1. The van der Waals surface area contributed by atoms with Crippen LogP contribution in [0.5, 0.6) is 0 Å². The van der Waals surface area contributed by atoms with Crippen LogP contribution < -0.4 is 0 Å². The van der Waals surface area contributed by atoms with Crippen LogP contribution in [0.25, 0.3) is 55.7 Å². The summed E-state index contributed by atoms with van der Waals surface area (Å²) < 4.78 is 2.34. The molecular formula is C34H28N4O2.